The molecule has 0 saturated carbocycles. The fourth-order valence-corrected chi connectivity index (χ4v) is 2.06. The van der Waals surface area contributed by atoms with Crippen LogP contribution in [0.2, 0.25) is 0 Å². The van der Waals surface area contributed by atoms with Gasteiger partial charge in [-0.25, -0.2) is 0 Å². The number of aromatic hydroxyl groups is 1. The van der Waals surface area contributed by atoms with Crippen LogP contribution in [-0.2, 0) is 4.79 Å². The van der Waals surface area contributed by atoms with Crippen LogP contribution in [0.5, 0.6) is 5.75 Å². The molecule has 1 aliphatic rings. The van der Waals surface area contributed by atoms with Gasteiger partial charge in [0.05, 0.1) is 5.54 Å². The van der Waals surface area contributed by atoms with E-state index in [1.54, 1.807) is 24.3 Å². The molecule has 100 valence electrons. The zero-order valence-corrected chi connectivity index (χ0v) is 11.2. The SMILES string of the molecule is CC1(C(=O)Nc2ccc(O)cc2)CCCCN1.Cl. The molecule has 1 heterocycles. The second-order valence-corrected chi connectivity index (χ2v) is 4.72. The first kappa shape index (κ1) is 14.8. The van der Waals surface area contributed by atoms with E-state index in [1.807, 2.05) is 6.92 Å². The van der Waals surface area contributed by atoms with E-state index in [1.165, 1.54) is 0 Å². The van der Waals surface area contributed by atoms with Gasteiger partial charge in [-0.1, -0.05) is 0 Å². The first-order valence-electron chi connectivity index (χ1n) is 5.96. The van der Waals surface area contributed by atoms with Crippen molar-refractivity contribution in [1.29, 1.82) is 0 Å². The predicted octanol–water partition coefficient (Wildman–Crippen LogP) is 2.28. The van der Waals surface area contributed by atoms with Gasteiger partial charge in [-0.05, 0) is 57.0 Å². The van der Waals surface area contributed by atoms with E-state index >= 15 is 0 Å². The van der Waals surface area contributed by atoms with E-state index in [-0.39, 0.29) is 24.1 Å². The molecular weight excluding hydrogens is 252 g/mol. The van der Waals surface area contributed by atoms with E-state index < -0.39 is 5.54 Å². The summed E-state index contributed by atoms with van der Waals surface area (Å²) in [5.41, 5.74) is 0.234. The maximum absolute atomic E-state index is 12.1. The lowest BCUT2D eigenvalue weighted by molar-refractivity contribution is -0.122. The highest BCUT2D eigenvalue weighted by Crippen LogP contribution is 2.21. The number of nitrogens with one attached hydrogen (secondary N) is 2. The van der Waals surface area contributed by atoms with Crippen molar-refractivity contribution < 1.29 is 9.90 Å². The van der Waals surface area contributed by atoms with Crippen molar-refractivity contribution >= 4 is 24.0 Å². The molecule has 1 unspecified atom stereocenters. The average Bonchev–Trinajstić information content (AvgIpc) is 2.33. The number of hydrogen-bond donors (Lipinski definition) is 3. The minimum Gasteiger partial charge on any atom is -0.508 e. The quantitative estimate of drug-likeness (QED) is 0.723. The van der Waals surface area contributed by atoms with Crippen LogP contribution in [0.3, 0.4) is 0 Å². The van der Waals surface area contributed by atoms with E-state index in [0.717, 1.165) is 25.8 Å². The van der Waals surface area contributed by atoms with Crippen LogP contribution in [-0.4, -0.2) is 23.1 Å². The van der Waals surface area contributed by atoms with Crippen LogP contribution in [0.4, 0.5) is 5.69 Å². The number of phenolic OH excluding ortho intramolecular Hbond substituents is 1. The maximum atomic E-state index is 12.1. The summed E-state index contributed by atoms with van der Waals surface area (Å²) in [4.78, 5) is 12.1. The third-order valence-corrected chi connectivity index (χ3v) is 3.25. The van der Waals surface area contributed by atoms with E-state index in [2.05, 4.69) is 10.6 Å². The molecule has 2 rings (SSSR count). The molecule has 1 aliphatic heterocycles. The molecule has 1 amide bonds. The fourth-order valence-electron chi connectivity index (χ4n) is 2.06. The second-order valence-electron chi connectivity index (χ2n) is 4.72. The van der Waals surface area contributed by atoms with Gasteiger partial charge in [0.25, 0.3) is 0 Å². The summed E-state index contributed by atoms with van der Waals surface area (Å²) in [5, 5.41) is 15.3. The maximum Gasteiger partial charge on any atom is 0.244 e. The van der Waals surface area contributed by atoms with Gasteiger partial charge in [-0.2, -0.15) is 0 Å². The van der Waals surface area contributed by atoms with E-state index in [4.69, 9.17) is 5.11 Å². The van der Waals surface area contributed by atoms with Crippen molar-refractivity contribution in [2.75, 3.05) is 11.9 Å². The van der Waals surface area contributed by atoms with Crippen LogP contribution in [0, 0.1) is 0 Å². The average molecular weight is 271 g/mol. The molecule has 0 spiro atoms. The first-order chi connectivity index (χ1) is 8.10. The normalized spacial score (nSPS) is 22.9. The topological polar surface area (TPSA) is 61.4 Å². The Kier molecular flexibility index (Phi) is 4.99. The Bertz CT molecular complexity index is 400. The summed E-state index contributed by atoms with van der Waals surface area (Å²) in [7, 11) is 0. The predicted molar refractivity (Wildman–Crippen MR) is 74.2 cm³/mol. The molecule has 1 atom stereocenters. The number of rotatable bonds is 2. The molecule has 5 heteroatoms. The Labute approximate surface area is 113 Å². The van der Waals surface area contributed by atoms with Gasteiger partial charge in [-0.15, -0.1) is 12.4 Å². The number of carbonyl (C=O) groups excluding carboxylic acids is 1. The Morgan fingerprint density at radius 1 is 1.33 bits per heavy atom. The Morgan fingerprint density at radius 3 is 2.56 bits per heavy atom. The van der Waals surface area contributed by atoms with Crippen molar-refractivity contribution in [2.24, 2.45) is 0 Å². The number of carbonyl (C=O) groups is 1. The van der Waals surface area contributed by atoms with Crippen molar-refractivity contribution in [3.05, 3.63) is 24.3 Å². The van der Waals surface area contributed by atoms with Crippen LogP contribution in [0.15, 0.2) is 24.3 Å². The highest BCUT2D eigenvalue weighted by atomic mass is 35.5. The summed E-state index contributed by atoms with van der Waals surface area (Å²) in [6.45, 7) is 2.82. The molecule has 1 fully saturated rings. The highest BCUT2D eigenvalue weighted by Gasteiger charge is 2.34. The molecular formula is C13H19ClN2O2. The van der Waals surface area contributed by atoms with Crippen LogP contribution < -0.4 is 10.6 Å². The molecule has 4 nitrogen and oxygen atoms in total. The van der Waals surface area contributed by atoms with Gasteiger partial charge in [0, 0.05) is 5.69 Å². The molecule has 1 aromatic rings. The van der Waals surface area contributed by atoms with Gasteiger partial charge in [0.1, 0.15) is 5.75 Å². The Morgan fingerprint density at radius 2 is 2.00 bits per heavy atom. The number of phenols is 1. The van der Waals surface area contributed by atoms with Crippen LogP contribution in [0.1, 0.15) is 26.2 Å². The number of piperidine rings is 1. The lowest BCUT2D eigenvalue weighted by atomic mass is 9.90. The molecule has 0 radical (unpaired) electrons. The van der Waals surface area contributed by atoms with Gasteiger partial charge < -0.3 is 15.7 Å². The Balaban J connectivity index is 0.00000162. The molecule has 1 aromatic carbocycles. The fraction of sp³-hybridized carbons (Fsp3) is 0.462. The van der Waals surface area contributed by atoms with Gasteiger partial charge in [0.15, 0.2) is 0 Å². The van der Waals surface area contributed by atoms with Crippen LogP contribution >= 0.6 is 12.4 Å². The lowest BCUT2D eigenvalue weighted by Gasteiger charge is -2.33. The number of halogens is 1. The van der Waals surface area contributed by atoms with Gasteiger partial charge in [0.2, 0.25) is 5.91 Å². The molecule has 3 N–H and O–H groups in total. The van der Waals surface area contributed by atoms with Crippen molar-refractivity contribution in [2.45, 2.75) is 31.7 Å². The summed E-state index contributed by atoms with van der Waals surface area (Å²) in [5.74, 6) is 0.188. The van der Waals surface area contributed by atoms with Gasteiger partial charge >= 0.3 is 0 Å². The highest BCUT2D eigenvalue weighted by molar-refractivity contribution is 5.97. The third kappa shape index (κ3) is 3.37. The smallest absolute Gasteiger partial charge is 0.244 e. The number of benzene rings is 1. The van der Waals surface area contributed by atoms with E-state index in [9.17, 15) is 4.79 Å². The molecule has 0 aliphatic carbocycles. The van der Waals surface area contributed by atoms with Crippen molar-refractivity contribution in [3.8, 4) is 5.75 Å². The zero-order valence-electron chi connectivity index (χ0n) is 10.4. The zero-order chi connectivity index (χ0) is 12.3. The second kappa shape index (κ2) is 6.07. The third-order valence-electron chi connectivity index (χ3n) is 3.25. The first-order valence-corrected chi connectivity index (χ1v) is 5.96. The largest absolute Gasteiger partial charge is 0.508 e. The summed E-state index contributed by atoms with van der Waals surface area (Å²) >= 11 is 0. The standard InChI is InChI=1S/C13H18N2O2.ClH/c1-13(8-2-3-9-14-13)12(17)15-10-4-6-11(16)7-5-10;/h4-7,14,16H,2-3,8-9H2,1H3,(H,15,17);1H. The number of anilines is 1. The summed E-state index contributed by atoms with van der Waals surface area (Å²) < 4.78 is 0. The van der Waals surface area contributed by atoms with Crippen LogP contribution in [0.25, 0.3) is 0 Å². The van der Waals surface area contributed by atoms with E-state index in [0.29, 0.717) is 5.69 Å². The molecule has 0 bridgehead atoms. The Hall–Kier alpha value is -1.26. The minimum absolute atomic E-state index is 0. The van der Waals surface area contributed by atoms with Crippen molar-refractivity contribution in [1.82, 2.24) is 5.32 Å². The van der Waals surface area contributed by atoms with Crippen molar-refractivity contribution in [3.63, 3.8) is 0 Å². The summed E-state index contributed by atoms with van der Waals surface area (Å²) in [6, 6.07) is 6.51. The number of hydrogen-bond acceptors (Lipinski definition) is 3. The lowest BCUT2D eigenvalue weighted by Crippen LogP contribution is -2.54. The number of amides is 1. The molecule has 0 aromatic heterocycles. The molecule has 1 saturated heterocycles. The summed E-state index contributed by atoms with van der Waals surface area (Å²) in [6.07, 6.45) is 3.06. The molecule has 18 heavy (non-hydrogen) atoms. The monoisotopic (exact) mass is 270 g/mol. The van der Waals surface area contributed by atoms with Gasteiger partial charge in [-0.3, -0.25) is 4.79 Å². The minimum atomic E-state index is -0.476.